The van der Waals surface area contributed by atoms with Crippen molar-refractivity contribution in [2.45, 2.75) is 26.7 Å². The molecule has 0 aromatic heterocycles. The highest BCUT2D eigenvalue weighted by molar-refractivity contribution is 9.09. The maximum Gasteiger partial charge on any atom is 0.142 e. The molecule has 0 aliphatic heterocycles. The minimum atomic E-state index is -0.336. The summed E-state index contributed by atoms with van der Waals surface area (Å²) in [6, 6.07) is 5.03. The summed E-state index contributed by atoms with van der Waals surface area (Å²) in [6.45, 7) is 4.40. The van der Waals surface area contributed by atoms with Gasteiger partial charge >= 0.3 is 0 Å². The van der Waals surface area contributed by atoms with Crippen molar-refractivity contribution in [3.63, 3.8) is 0 Å². The van der Waals surface area contributed by atoms with Crippen molar-refractivity contribution in [3.05, 3.63) is 34.6 Å². The van der Waals surface area contributed by atoms with Crippen LogP contribution < -0.4 is 0 Å². The first-order valence-electron chi connectivity index (χ1n) is 5.99. The van der Waals surface area contributed by atoms with E-state index in [-0.39, 0.29) is 16.3 Å². The molecule has 0 spiro atoms. The van der Waals surface area contributed by atoms with E-state index in [1.165, 1.54) is 6.07 Å². The van der Waals surface area contributed by atoms with Crippen LogP contribution in [0.15, 0.2) is 18.2 Å². The van der Waals surface area contributed by atoms with E-state index in [1.54, 1.807) is 6.07 Å². The van der Waals surface area contributed by atoms with Crippen LogP contribution in [0.2, 0.25) is 5.02 Å². The standard InChI is InChI=1S/C14H18Br2ClF/c1-10(2)6-14(8-15,9-16)7-11-4-3-5-12(18)13(11)17/h3-5,10H,6-9H2,1-2H3. The lowest BCUT2D eigenvalue weighted by Gasteiger charge is -2.32. The Bertz CT molecular complexity index is 389. The van der Waals surface area contributed by atoms with Crippen molar-refractivity contribution >= 4 is 43.5 Å². The SMILES string of the molecule is CC(C)CC(CBr)(CBr)Cc1cccc(F)c1Cl. The molecule has 0 amide bonds. The molecule has 0 heterocycles. The molecule has 0 aliphatic carbocycles. The van der Waals surface area contributed by atoms with Crippen molar-refractivity contribution in [1.29, 1.82) is 0 Å². The fraction of sp³-hybridized carbons (Fsp3) is 0.571. The van der Waals surface area contributed by atoms with E-state index in [0.717, 1.165) is 29.1 Å². The number of rotatable bonds is 6. The third-order valence-electron chi connectivity index (χ3n) is 3.01. The summed E-state index contributed by atoms with van der Waals surface area (Å²) < 4.78 is 13.5. The highest BCUT2D eigenvalue weighted by Crippen LogP contribution is 2.37. The minimum absolute atomic E-state index is 0.0750. The number of halogens is 4. The zero-order valence-corrected chi connectivity index (χ0v) is 14.6. The number of hydrogen-bond acceptors (Lipinski definition) is 0. The predicted molar refractivity (Wildman–Crippen MR) is 84.6 cm³/mol. The van der Waals surface area contributed by atoms with Crippen LogP contribution in [0.4, 0.5) is 4.39 Å². The van der Waals surface area contributed by atoms with Crippen molar-refractivity contribution in [2.24, 2.45) is 11.3 Å². The van der Waals surface area contributed by atoms with Crippen LogP contribution in [0.5, 0.6) is 0 Å². The molecule has 0 fully saturated rings. The van der Waals surface area contributed by atoms with E-state index in [0.29, 0.717) is 5.92 Å². The summed E-state index contributed by atoms with van der Waals surface area (Å²) in [4.78, 5) is 0. The summed E-state index contributed by atoms with van der Waals surface area (Å²) >= 11 is 13.2. The Labute approximate surface area is 131 Å². The van der Waals surface area contributed by atoms with Crippen molar-refractivity contribution in [2.75, 3.05) is 10.7 Å². The third kappa shape index (κ3) is 4.21. The molecule has 4 heteroatoms. The fourth-order valence-electron chi connectivity index (χ4n) is 2.27. The van der Waals surface area contributed by atoms with Gasteiger partial charge in [-0.25, -0.2) is 4.39 Å². The molecule has 1 rings (SSSR count). The second kappa shape index (κ2) is 7.25. The van der Waals surface area contributed by atoms with Gasteiger partial charge in [0, 0.05) is 10.7 Å². The van der Waals surface area contributed by atoms with E-state index < -0.39 is 0 Å². The smallest absolute Gasteiger partial charge is 0.142 e. The molecule has 18 heavy (non-hydrogen) atoms. The van der Waals surface area contributed by atoms with Gasteiger partial charge in [0.1, 0.15) is 5.82 Å². The van der Waals surface area contributed by atoms with E-state index in [9.17, 15) is 4.39 Å². The first-order chi connectivity index (χ1) is 8.44. The van der Waals surface area contributed by atoms with Gasteiger partial charge in [-0.1, -0.05) is 69.4 Å². The van der Waals surface area contributed by atoms with Crippen molar-refractivity contribution in [1.82, 2.24) is 0 Å². The Balaban J connectivity index is 2.99. The van der Waals surface area contributed by atoms with Gasteiger partial charge in [0.15, 0.2) is 0 Å². The van der Waals surface area contributed by atoms with Crippen LogP contribution >= 0.6 is 43.5 Å². The van der Waals surface area contributed by atoms with Gasteiger partial charge in [0.25, 0.3) is 0 Å². The zero-order valence-electron chi connectivity index (χ0n) is 10.6. The van der Waals surface area contributed by atoms with E-state index in [4.69, 9.17) is 11.6 Å². The van der Waals surface area contributed by atoms with Crippen molar-refractivity contribution in [3.8, 4) is 0 Å². The van der Waals surface area contributed by atoms with Crippen molar-refractivity contribution < 1.29 is 4.39 Å². The lowest BCUT2D eigenvalue weighted by atomic mass is 9.79. The predicted octanol–water partition coefficient (Wildman–Crippen LogP) is 5.84. The first kappa shape index (κ1) is 16.5. The molecule has 102 valence electrons. The second-order valence-electron chi connectivity index (χ2n) is 5.25. The quantitative estimate of drug-likeness (QED) is 0.526. The summed E-state index contributed by atoms with van der Waals surface area (Å²) in [5, 5.41) is 2.00. The molecule has 1 aromatic carbocycles. The van der Waals surface area contributed by atoms with Gasteiger partial charge < -0.3 is 0 Å². The first-order valence-corrected chi connectivity index (χ1v) is 8.61. The molecular formula is C14H18Br2ClF. The Morgan fingerprint density at radius 3 is 2.39 bits per heavy atom. The largest absolute Gasteiger partial charge is 0.205 e. The summed E-state index contributed by atoms with van der Waals surface area (Å²) in [7, 11) is 0. The highest BCUT2D eigenvalue weighted by atomic mass is 79.9. The van der Waals surface area contributed by atoms with Crippen LogP contribution in [0.25, 0.3) is 0 Å². The average Bonchev–Trinajstić information content (AvgIpc) is 2.33. The number of hydrogen-bond donors (Lipinski definition) is 0. The Kier molecular flexibility index (Phi) is 6.63. The maximum atomic E-state index is 13.5. The van der Waals surface area contributed by atoms with E-state index in [2.05, 4.69) is 45.7 Å². The Morgan fingerprint density at radius 1 is 1.28 bits per heavy atom. The van der Waals surface area contributed by atoms with Gasteiger partial charge in [0.2, 0.25) is 0 Å². The summed E-state index contributed by atoms with van der Waals surface area (Å²) in [5.41, 5.74) is 0.960. The van der Waals surface area contributed by atoms with E-state index >= 15 is 0 Å². The third-order valence-corrected chi connectivity index (χ3v) is 5.81. The van der Waals surface area contributed by atoms with Crippen LogP contribution in [0.1, 0.15) is 25.8 Å². The number of alkyl halides is 2. The molecule has 0 nitrogen and oxygen atoms in total. The molecule has 0 N–H and O–H groups in total. The van der Waals surface area contributed by atoms with Crippen LogP contribution in [0.3, 0.4) is 0 Å². The topological polar surface area (TPSA) is 0 Å². The van der Waals surface area contributed by atoms with Gasteiger partial charge in [0.05, 0.1) is 5.02 Å². The van der Waals surface area contributed by atoms with Gasteiger partial charge in [-0.3, -0.25) is 0 Å². The molecule has 0 unspecified atom stereocenters. The fourth-order valence-corrected chi connectivity index (χ4v) is 4.24. The molecule has 0 saturated carbocycles. The molecule has 0 bridgehead atoms. The second-order valence-corrected chi connectivity index (χ2v) is 6.75. The normalized spacial score (nSPS) is 12.2. The van der Waals surface area contributed by atoms with Crippen LogP contribution in [0, 0.1) is 17.2 Å². The van der Waals surface area contributed by atoms with Crippen LogP contribution in [-0.2, 0) is 6.42 Å². The average molecular weight is 401 g/mol. The zero-order chi connectivity index (χ0) is 13.8. The lowest BCUT2D eigenvalue weighted by molar-refractivity contribution is 0.304. The summed E-state index contributed by atoms with van der Waals surface area (Å²) in [6.07, 6.45) is 1.84. The lowest BCUT2D eigenvalue weighted by Crippen LogP contribution is -2.29. The van der Waals surface area contributed by atoms with Crippen LogP contribution in [-0.4, -0.2) is 10.7 Å². The maximum absolute atomic E-state index is 13.5. The molecular weight excluding hydrogens is 382 g/mol. The van der Waals surface area contributed by atoms with E-state index in [1.807, 2.05) is 6.07 Å². The molecule has 1 aromatic rings. The minimum Gasteiger partial charge on any atom is -0.205 e. The Morgan fingerprint density at radius 2 is 1.89 bits per heavy atom. The van der Waals surface area contributed by atoms with Gasteiger partial charge in [-0.05, 0) is 35.8 Å². The summed E-state index contributed by atoms with van der Waals surface area (Å²) in [5.74, 6) is 0.254. The monoisotopic (exact) mass is 398 g/mol. The highest BCUT2D eigenvalue weighted by Gasteiger charge is 2.30. The number of benzene rings is 1. The Hall–Kier alpha value is 0.400. The van der Waals surface area contributed by atoms with Gasteiger partial charge in [-0.2, -0.15) is 0 Å². The molecule has 0 atom stereocenters. The molecule has 0 aliphatic rings. The molecule has 0 radical (unpaired) electrons. The van der Waals surface area contributed by atoms with Gasteiger partial charge in [-0.15, -0.1) is 0 Å². The molecule has 0 saturated heterocycles.